The van der Waals surface area contributed by atoms with Crippen molar-refractivity contribution < 1.29 is 18.1 Å². The topological polar surface area (TPSA) is 56.0 Å². The molecular formula is C15H13F3N2O2S. The Morgan fingerprint density at radius 1 is 1.26 bits per heavy atom. The van der Waals surface area contributed by atoms with Gasteiger partial charge >= 0.3 is 6.18 Å². The van der Waals surface area contributed by atoms with Crippen LogP contribution in [0.4, 0.5) is 18.9 Å². The standard InChI is InChI=1S/C15H13F3N2O2S/c1-9-6-13(20(21)22)10(2)14(19-9)23-8-11-4-3-5-12(7-11)15(16,17)18/h3-7H,8H2,1-2H3. The molecule has 0 aliphatic carbocycles. The molecule has 2 rings (SSSR count). The first kappa shape index (κ1) is 17.3. The highest BCUT2D eigenvalue weighted by atomic mass is 32.2. The molecule has 4 nitrogen and oxygen atoms in total. The van der Waals surface area contributed by atoms with E-state index in [1.54, 1.807) is 19.9 Å². The van der Waals surface area contributed by atoms with Gasteiger partial charge in [-0.15, -0.1) is 11.8 Å². The van der Waals surface area contributed by atoms with Crippen LogP contribution in [0, 0.1) is 24.0 Å². The molecule has 0 saturated carbocycles. The number of aromatic nitrogens is 1. The van der Waals surface area contributed by atoms with Crippen LogP contribution in [0.25, 0.3) is 0 Å². The second-order valence-electron chi connectivity index (χ2n) is 4.96. The van der Waals surface area contributed by atoms with E-state index in [1.807, 2.05) is 0 Å². The lowest BCUT2D eigenvalue weighted by atomic mass is 10.1. The van der Waals surface area contributed by atoms with Crippen molar-refractivity contribution in [3.8, 4) is 0 Å². The minimum absolute atomic E-state index is 0.0379. The lowest BCUT2D eigenvalue weighted by Gasteiger charge is -2.09. The number of nitrogens with zero attached hydrogens (tertiary/aromatic N) is 2. The number of benzene rings is 1. The zero-order valence-corrected chi connectivity index (χ0v) is 13.2. The fourth-order valence-corrected chi connectivity index (χ4v) is 3.02. The lowest BCUT2D eigenvalue weighted by Crippen LogP contribution is -2.05. The van der Waals surface area contributed by atoms with Crippen molar-refractivity contribution in [1.82, 2.24) is 4.98 Å². The van der Waals surface area contributed by atoms with Gasteiger partial charge in [-0.05, 0) is 25.5 Å². The number of pyridine rings is 1. The number of hydrogen-bond donors (Lipinski definition) is 0. The highest BCUT2D eigenvalue weighted by molar-refractivity contribution is 7.98. The smallest absolute Gasteiger partial charge is 0.258 e. The first-order chi connectivity index (χ1) is 10.7. The molecule has 0 atom stereocenters. The van der Waals surface area contributed by atoms with Crippen LogP contribution in [0.3, 0.4) is 0 Å². The van der Waals surface area contributed by atoms with Crippen molar-refractivity contribution in [2.45, 2.75) is 30.8 Å². The fraction of sp³-hybridized carbons (Fsp3) is 0.267. The van der Waals surface area contributed by atoms with Gasteiger partial charge in [0.1, 0.15) is 5.03 Å². The van der Waals surface area contributed by atoms with Crippen molar-refractivity contribution in [3.05, 3.63) is 62.8 Å². The highest BCUT2D eigenvalue weighted by Crippen LogP contribution is 2.33. The predicted molar refractivity (Wildman–Crippen MR) is 81.4 cm³/mol. The van der Waals surface area contributed by atoms with Crippen LogP contribution in [-0.2, 0) is 11.9 Å². The molecule has 0 unspecified atom stereocenters. The molecule has 0 spiro atoms. The van der Waals surface area contributed by atoms with Gasteiger partial charge in [0.25, 0.3) is 5.69 Å². The molecule has 0 bridgehead atoms. The Balaban J connectivity index is 2.23. The predicted octanol–water partition coefficient (Wildman–Crippen LogP) is 4.92. The van der Waals surface area contributed by atoms with Crippen LogP contribution in [0.15, 0.2) is 35.4 Å². The first-order valence-corrected chi connectivity index (χ1v) is 7.58. The molecule has 23 heavy (non-hydrogen) atoms. The highest BCUT2D eigenvalue weighted by Gasteiger charge is 2.30. The molecule has 0 aliphatic rings. The third-order valence-electron chi connectivity index (χ3n) is 3.16. The summed E-state index contributed by atoms with van der Waals surface area (Å²) >= 11 is 1.18. The quantitative estimate of drug-likeness (QED) is 0.450. The van der Waals surface area contributed by atoms with Gasteiger partial charge in [0.2, 0.25) is 0 Å². The first-order valence-electron chi connectivity index (χ1n) is 6.60. The second kappa shape index (κ2) is 6.57. The molecule has 0 amide bonds. The van der Waals surface area contributed by atoms with E-state index in [0.29, 0.717) is 21.8 Å². The maximum Gasteiger partial charge on any atom is 0.416 e. The third-order valence-corrected chi connectivity index (χ3v) is 4.30. The SMILES string of the molecule is Cc1cc([N+](=O)[O-])c(C)c(SCc2cccc(C(F)(F)F)c2)n1. The van der Waals surface area contributed by atoms with Crippen LogP contribution < -0.4 is 0 Å². The zero-order valence-electron chi connectivity index (χ0n) is 12.3. The van der Waals surface area contributed by atoms with Crippen molar-refractivity contribution >= 4 is 17.4 Å². The van der Waals surface area contributed by atoms with Gasteiger partial charge in [-0.1, -0.05) is 18.2 Å². The van der Waals surface area contributed by atoms with E-state index in [2.05, 4.69) is 4.98 Å². The largest absolute Gasteiger partial charge is 0.416 e. The van der Waals surface area contributed by atoms with E-state index in [0.717, 1.165) is 12.1 Å². The van der Waals surface area contributed by atoms with E-state index in [1.165, 1.54) is 23.9 Å². The number of rotatable bonds is 4. The van der Waals surface area contributed by atoms with Crippen LogP contribution in [0.5, 0.6) is 0 Å². The number of thioether (sulfide) groups is 1. The average Bonchev–Trinajstić information content (AvgIpc) is 2.47. The second-order valence-corrected chi connectivity index (χ2v) is 5.92. The maximum absolute atomic E-state index is 12.7. The fourth-order valence-electron chi connectivity index (χ4n) is 2.01. The summed E-state index contributed by atoms with van der Waals surface area (Å²) in [4.78, 5) is 14.7. The molecule has 0 fully saturated rings. The Bertz CT molecular complexity index is 748. The number of alkyl halides is 3. The van der Waals surface area contributed by atoms with Crippen LogP contribution in [-0.4, -0.2) is 9.91 Å². The summed E-state index contributed by atoms with van der Waals surface area (Å²) in [6.45, 7) is 3.22. The van der Waals surface area contributed by atoms with Crippen LogP contribution >= 0.6 is 11.8 Å². The van der Waals surface area contributed by atoms with Crippen LogP contribution in [0.2, 0.25) is 0 Å². The Morgan fingerprint density at radius 2 is 1.96 bits per heavy atom. The van der Waals surface area contributed by atoms with Gasteiger partial charge < -0.3 is 0 Å². The average molecular weight is 342 g/mol. The molecule has 122 valence electrons. The lowest BCUT2D eigenvalue weighted by molar-refractivity contribution is -0.385. The van der Waals surface area contributed by atoms with Gasteiger partial charge in [0.15, 0.2) is 0 Å². The Kier molecular flexibility index (Phi) is 4.93. The molecule has 1 aromatic carbocycles. The Morgan fingerprint density at radius 3 is 2.57 bits per heavy atom. The van der Waals surface area contributed by atoms with Gasteiger partial charge in [0, 0.05) is 17.5 Å². The Labute approximate surface area is 134 Å². The van der Waals surface area contributed by atoms with Gasteiger partial charge in [0.05, 0.1) is 16.1 Å². The normalized spacial score (nSPS) is 11.5. The number of hydrogen-bond acceptors (Lipinski definition) is 4. The van der Waals surface area contributed by atoms with E-state index < -0.39 is 16.7 Å². The van der Waals surface area contributed by atoms with Gasteiger partial charge in [-0.25, -0.2) is 4.98 Å². The summed E-state index contributed by atoms with van der Waals surface area (Å²) in [6.07, 6.45) is -4.39. The van der Waals surface area contributed by atoms with Gasteiger partial charge in [-0.2, -0.15) is 13.2 Å². The summed E-state index contributed by atoms with van der Waals surface area (Å²) in [5, 5.41) is 11.5. The number of aryl methyl sites for hydroxylation is 1. The van der Waals surface area contributed by atoms with E-state index >= 15 is 0 Å². The molecular weight excluding hydrogens is 329 g/mol. The molecule has 0 N–H and O–H groups in total. The van der Waals surface area contributed by atoms with E-state index in [9.17, 15) is 23.3 Å². The summed E-state index contributed by atoms with van der Waals surface area (Å²) in [7, 11) is 0. The molecule has 0 radical (unpaired) electrons. The summed E-state index contributed by atoms with van der Waals surface area (Å²) in [5.41, 5.74) is 0.640. The molecule has 8 heteroatoms. The van der Waals surface area contributed by atoms with E-state index in [-0.39, 0.29) is 11.4 Å². The molecule has 2 aromatic rings. The van der Waals surface area contributed by atoms with Gasteiger partial charge in [-0.3, -0.25) is 10.1 Å². The Hall–Kier alpha value is -2.09. The molecule has 1 heterocycles. The minimum atomic E-state index is -4.39. The summed E-state index contributed by atoms with van der Waals surface area (Å²) < 4.78 is 38.1. The molecule has 1 aromatic heterocycles. The summed E-state index contributed by atoms with van der Waals surface area (Å²) in [6, 6.07) is 6.39. The number of halogens is 3. The van der Waals surface area contributed by atoms with Crippen molar-refractivity contribution in [3.63, 3.8) is 0 Å². The van der Waals surface area contributed by atoms with Crippen molar-refractivity contribution in [2.24, 2.45) is 0 Å². The maximum atomic E-state index is 12.7. The monoisotopic (exact) mass is 342 g/mol. The minimum Gasteiger partial charge on any atom is -0.258 e. The summed E-state index contributed by atoms with van der Waals surface area (Å²) in [5.74, 6) is 0.248. The van der Waals surface area contributed by atoms with E-state index in [4.69, 9.17) is 0 Å². The molecule has 0 aliphatic heterocycles. The zero-order chi connectivity index (χ0) is 17.2. The van der Waals surface area contributed by atoms with Crippen molar-refractivity contribution in [2.75, 3.05) is 0 Å². The number of nitro groups is 1. The van der Waals surface area contributed by atoms with Crippen LogP contribution in [0.1, 0.15) is 22.4 Å². The third kappa shape index (κ3) is 4.22. The van der Waals surface area contributed by atoms with Crippen molar-refractivity contribution in [1.29, 1.82) is 0 Å². The molecule has 0 saturated heterocycles.